The number of fused-ring (bicyclic) bond motifs is 1. The zero-order chi connectivity index (χ0) is 21.1. The molecule has 1 amide bonds. The molecule has 1 N–H and O–H groups in total. The van der Waals surface area contributed by atoms with Crippen LogP contribution < -0.4 is 10.1 Å². The van der Waals surface area contributed by atoms with Crippen molar-refractivity contribution in [2.24, 2.45) is 0 Å². The van der Waals surface area contributed by atoms with Gasteiger partial charge >= 0.3 is 0 Å². The fourth-order valence-corrected chi connectivity index (χ4v) is 4.02. The van der Waals surface area contributed by atoms with Gasteiger partial charge in [-0.05, 0) is 66.4 Å². The number of aromatic nitrogens is 2. The highest BCUT2D eigenvalue weighted by atomic mass is 32.1. The third-order valence-corrected chi connectivity index (χ3v) is 5.86. The van der Waals surface area contributed by atoms with Crippen LogP contribution in [-0.2, 0) is 4.79 Å². The molecule has 4 aromatic rings. The third kappa shape index (κ3) is 4.49. The first-order valence-corrected chi connectivity index (χ1v) is 10.7. The molecular weight excluding hydrogens is 394 g/mol. The van der Waals surface area contributed by atoms with Gasteiger partial charge in [-0.25, -0.2) is 9.97 Å². The second-order valence-electron chi connectivity index (χ2n) is 7.44. The molecule has 2 heterocycles. The fraction of sp³-hybridized carbons (Fsp3) is 0.208. The van der Waals surface area contributed by atoms with E-state index in [1.165, 1.54) is 5.56 Å². The number of carbonyl (C=O) groups excluding carboxylic acids is 1. The summed E-state index contributed by atoms with van der Waals surface area (Å²) in [6.45, 7) is 6.22. The van der Waals surface area contributed by atoms with Crippen LogP contribution in [0.15, 0.2) is 60.8 Å². The van der Waals surface area contributed by atoms with Crippen molar-refractivity contribution in [3.8, 4) is 16.3 Å². The van der Waals surface area contributed by atoms with Gasteiger partial charge < -0.3 is 10.1 Å². The normalized spacial score (nSPS) is 11.1. The number of amides is 1. The maximum atomic E-state index is 12.3. The van der Waals surface area contributed by atoms with Gasteiger partial charge in [0.25, 0.3) is 5.91 Å². The lowest BCUT2D eigenvalue weighted by atomic mass is 10.0. The summed E-state index contributed by atoms with van der Waals surface area (Å²) >= 11 is 1.56. The Kier molecular flexibility index (Phi) is 5.77. The Morgan fingerprint density at radius 1 is 1.13 bits per heavy atom. The number of hydrogen-bond acceptors (Lipinski definition) is 5. The summed E-state index contributed by atoms with van der Waals surface area (Å²) in [5, 5.41) is 3.84. The van der Waals surface area contributed by atoms with E-state index in [0.29, 0.717) is 11.7 Å². The van der Waals surface area contributed by atoms with Crippen molar-refractivity contribution >= 4 is 33.3 Å². The minimum absolute atomic E-state index is 0.0360. The minimum atomic E-state index is -0.192. The average molecular weight is 418 g/mol. The maximum Gasteiger partial charge on any atom is 0.262 e. The largest absolute Gasteiger partial charge is 0.484 e. The predicted octanol–water partition coefficient (Wildman–Crippen LogP) is 5.81. The molecule has 0 aliphatic rings. The maximum absolute atomic E-state index is 12.3. The average Bonchev–Trinajstić information content (AvgIpc) is 3.18. The number of ether oxygens (including phenoxy) is 1. The standard InChI is InChI=1S/C24H23N3O2S/c1-15(2)17-6-9-19(10-7-17)29-14-22(28)26-20-11-8-18(13-16(20)3)23-27-21-5-4-12-25-24(21)30-23/h4-13,15H,14H2,1-3H3,(H,26,28). The van der Waals surface area contributed by atoms with E-state index < -0.39 is 0 Å². The quantitative estimate of drug-likeness (QED) is 0.430. The lowest BCUT2D eigenvalue weighted by Gasteiger charge is -2.11. The van der Waals surface area contributed by atoms with Crippen LogP contribution in [0.1, 0.15) is 30.9 Å². The first-order valence-electron chi connectivity index (χ1n) is 9.85. The van der Waals surface area contributed by atoms with Crippen molar-refractivity contribution in [2.45, 2.75) is 26.7 Å². The van der Waals surface area contributed by atoms with Crippen molar-refractivity contribution in [3.05, 3.63) is 71.9 Å². The first kappa shape index (κ1) is 20.0. The van der Waals surface area contributed by atoms with Gasteiger partial charge in [-0.15, -0.1) is 0 Å². The summed E-state index contributed by atoms with van der Waals surface area (Å²) in [6.07, 6.45) is 1.77. The summed E-state index contributed by atoms with van der Waals surface area (Å²) < 4.78 is 5.61. The summed E-state index contributed by atoms with van der Waals surface area (Å²) in [6, 6.07) is 17.6. The number of thiazole rings is 1. The van der Waals surface area contributed by atoms with Crippen LogP contribution in [-0.4, -0.2) is 22.5 Å². The minimum Gasteiger partial charge on any atom is -0.484 e. The summed E-state index contributed by atoms with van der Waals surface area (Å²) in [5.41, 5.74) is 4.88. The molecular formula is C24H23N3O2S. The van der Waals surface area contributed by atoms with E-state index in [9.17, 15) is 4.79 Å². The molecule has 0 aliphatic heterocycles. The number of nitrogens with one attached hydrogen (secondary N) is 1. The van der Waals surface area contributed by atoms with Gasteiger partial charge in [-0.3, -0.25) is 4.79 Å². The van der Waals surface area contributed by atoms with Gasteiger partial charge in [0, 0.05) is 17.4 Å². The highest BCUT2D eigenvalue weighted by Crippen LogP contribution is 2.31. The molecule has 0 atom stereocenters. The molecule has 0 unspecified atom stereocenters. The molecule has 0 spiro atoms. The second kappa shape index (κ2) is 8.63. The van der Waals surface area contributed by atoms with E-state index >= 15 is 0 Å². The zero-order valence-electron chi connectivity index (χ0n) is 17.2. The smallest absolute Gasteiger partial charge is 0.262 e. The Bertz CT molecular complexity index is 1150. The van der Waals surface area contributed by atoms with E-state index in [2.05, 4.69) is 29.1 Å². The molecule has 0 radical (unpaired) electrons. The molecule has 2 aromatic carbocycles. The van der Waals surface area contributed by atoms with Crippen LogP contribution in [0.4, 0.5) is 5.69 Å². The van der Waals surface area contributed by atoms with Gasteiger partial charge in [-0.1, -0.05) is 37.3 Å². The summed E-state index contributed by atoms with van der Waals surface area (Å²) in [5.74, 6) is 0.960. The molecule has 30 heavy (non-hydrogen) atoms. The summed E-state index contributed by atoms with van der Waals surface area (Å²) in [7, 11) is 0. The molecule has 152 valence electrons. The van der Waals surface area contributed by atoms with Crippen LogP contribution in [0.25, 0.3) is 20.9 Å². The molecule has 0 saturated carbocycles. The number of benzene rings is 2. The lowest BCUT2D eigenvalue weighted by molar-refractivity contribution is -0.118. The predicted molar refractivity (Wildman–Crippen MR) is 122 cm³/mol. The molecule has 6 heteroatoms. The molecule has 4 rings (SSSR count). The molecule has 0 fully saturated rings. The fourth-order valence-electron chi connectivity index (χ4n) is 3.11. The van der Waals surface area contributed by atoms with Crippen LogP contribution in [0.3, 0.4) is 0 Å². The SMILES string of the molecule is Cc1cc(-c2nc3cccnc3s2)ccc1NC(=O)COc1ccc(C(C)C)cc1. The number of pyridine rings is 1. The molecule has 0 bridgehead atoms. The Morgan fingerprint density at radius 3 is 2.63 bits per heavy atom. The third-order valence-electron chi connectivity index (χ3n) is 4.83. The van der Waals surface area contributed by atoms with E-state index in [-0.39, 0.29) is 12.5 Å². The van der Waals surface area contributed by atoms with Gasteiger partial charge in [0.15, 0.2) is 6.61 Å². The van der Waals surface area contributed by atoms with Crippen LogP contribution in [0.5, 0.6) is 5.75 Å². The Balaban J connectivity index is 1.40. The Hall–Kier alpha value is -3.25. The van der Waals surface area contributed by atoms with Crippen molar-refractivity contribution < 1.29 is 9.53 Å². The number of hydrogen-bond donors (Lipinski definition) is 1. The van der Waals surface area contributed by atoms with Gasteiger partial charge in [-0.2, -0.15) is 0 Å². The van der Waals surface area contributed by atoms with E-state index in [1.807, 2.05) is 61.5 Å². The first-order chi connectivity index (χ1) is 14.5. The molecule has 0 saturated heterocycles. The second-order valence-corrected chi connectivity index (χ2v) is 8.41. The Morgan fingerprint density at radius 2 is 1.93 bits per heavy atom. The number of anilines is 1. The highest BCUT2D eigenvalue weighted by Gasteiger charge is 2.11. The number of rotatable bonds is 6. The monoisotopic (exact) mass is 417 g/mol. The topological polar surface area (TPSA) is 64.1 Å². The highest BCUT2D eigenvalue weighted by molar-refractivity contribution is 7.21. The van der Waals surface area contributed by atoms with Crippen LogP contribution in [0, 0.1) is 6.92 Å². The molecule has 5 nitrogen and oxygen atoms in total. The number of nitrogens with zero attached hydrogens (tertiary/aromatic N) is 2. The molecule has 0 aliphatic carbocycles. The van der Waals surface area contributed by atoms with Crippen LogP contribution >= 0.6 is 11.3 Å². The number of carbonyl (C=O) groups is 1. The van der Waals surface area contributed by atoms with Gasteiger partial charge in [0.1, 0.15) is 21.1 Å². The van der Waals surface area contributed by atoms with E-state index in [4.69, 9.17) is 4.74 Å². The number of aryl methyl sites for hydroxylation is 1. The van der Waals surface area contributed by atoms with Crippen molar-refractivity contribution in [1.29, 1.82) is 0 Å². The van der Waals surface area contributed by atoms with Crippen molar-refractivity contribution in [2.75, 3.05) is 11.9 Å². The van der Waals surface area contributed by atoms with E-state index in [0.717, 1.165) is 32.2 Å². The Labute approximate surface area is 179 Å². The van der Waals surface area contributed by atoms with Crippen molar-refractivity contribution in [1.82, 2.24) is 9.97 Å². The zero-order valence-corrected chi connectivity index (χ0v) is 18.0. The van der Waals surface area contributed by atoms with Crippen molar-refractivity contribution in [3.63, 3.8) is 0 Å². The van der Waals surface area contributed by atoms with E-state index in [1.54, 1.807) is 17.5 Å². The molecule has 2 aromatic heterocycles. The van der Waals surface area contributed by atoms with Crippen LogP contribution in [0.2, 0.25) is 0 Å². The van der Waals surface area contributed by atoms with Gasteiger partial charge in [0.05, 0.1) is 0 Å². The lowest BCUT2D eigenvalue weighted by Crippen LogP contribution is -2.20. The van der Waals surface area contributed by atoms with Gasteiger partial charge in [0.2, 0.25) is 0 Å². The summed E-state index contributed by atoms with van der Waals surface area (Å²) in [4.78, 5) is 22.2.